The molecule has 0 heterocycles. The average molecular weight is 285 g/mol. The highest BCUT2D eigenvalue weighted by molar-refractivity contribution is 9.10. The van der Waals surface area contributed by atoms with Gasteiger partial charge in [-0.05, 0) is 40.0 Å². The number of nitrogens with zero attached hydrogens (tertiary/aromatic N) is 1. The number of amides is 1. The van der Waals surface area contributed by atoms with Crippen LogP contribution in [0.15, 0.2) is 22.7 Å². The Balaban J connectivity index is 2.84. The summed E-state index contributed by atoms with van der Waals surface area (Å²) in [6.45, 7) is 4.91. The molecule has 3 nitrogen and oxygen atoms in total. The molecule has 0 saturated heterocycles. The number of carbonyl (C=O) groups excluding carboxylic acids is 1. The van der Waals surface area contributed by atoms with Crippen LogP contribution in [0.25, 0.3) is 0 Å². The Kier molecular flexibility index (Phi) is 4.35. The van der Waals surface area contributed by atoms with Crippen molar-refractivity contribution in [3.05, 3.63) is 28.2 Å². The zero-order valence-electron chi connectivity index (χ0n) is 9.83. The van der Waals surface area contributed by atoms with Crippen LogP contribution in [0.3, 0.4) is 0 Å². The summed E-state index contributed by atoms with van der Waals surface area (Å²) in [7, 11) is 1.81. The topological polar surface area (TPSA) is 46.3 Å². The minimum absolute atomic E-state index is 0.00731. The molecule has 16 heavy (non-hydrogen) atoms. The van der Waals surface area contributed by atoms with Crippen molar-refractivity contribution < 1.29 is 4.79 Å². The van der Waals surface area contributed by atoms with Crippen molar-refractivity contribution in [2.24, 2.45) is 5.92 Å². The molecule has 0 aliphatic carbocycles. The molecule has 0 saturated carbocycles. The summed E-state index contributed by atoms with van der Waals surface area (Å²) in [5, 5.41) is 0. The van der Waals surface area contributed by atoms with Gasteiger partial charge < -0.3 is 10.6 Å². The maximum absolute atomic E-state index is 12.0. The van der Waals surface area contributed by atoms with Gasteiger partial charge >= 0.3 is 0 Å². The normalized spacial score (nSPS) is 10.6. The van der Waals surface area contributed by atoms with Crippen molar-refractivity contribution in [2.45, 2.75) is 13.8 Å². The van der Waals surface area contributed by atoms with E-state index >= 15 is 0 Å². The first kappa shape index (κ1) is 13.0. The van der Waals surface area contributed by atoms with E-state index in [2.05, 4.69) is 29.8 Å². The first-order valence-electron chi connectivity index (χ1n) is 5.22. The molecule has 88 valence electrons. The summed E-state index contributed by atoms with van der Waals surface area (Å²) in [6, 6.07) is 5.27. The molecule has 1 rings (SSSR count). The highest BCUT2D eigenvalue weighted by atomic mass is 79.9. The van der Waals surface area contributed by atoms with Crippen LogP contribution in [0.2, 0.25) is 0 Å². The summed E-state index contributed by atoms with van der Waals surface area (Å²) < 4.78 is 0.815. The number of nitrogens with two attached hydrogens (primary N) is 1. The summed E-state index contributed by atoms with van der Waals surface area (Å²) >= 11 is 3.31. The Morgan fingerprint density at radius 1 is 1.50 bits per heavy atom. The smallest absolute Gasteiger partial charge is 0.253 e. The Morgan fingerprint density at radius 2 is 2.12 bits per heavy atom. The van der Waals surface area contributed by atoms with E-state index in [1.54, 1.807) is 30.1 Å². The lowest BCUT2D eigenvalue weighted by molar-refractivity contribution is 0.0779. The number of carbonyl (C=O) groups is 1. The van der Waals surface area contributed by atoms with Crippen LogP contribution in [-0.2, 0) is 0 Å². The van der Waals surface area contributed by atoms with E-state index < -0.39 is 0 Å². The molecule has 0 bridgehead atoms. The van der Waals surface area contributed by atoms with Gasteiger partial charge in [0, 0.05) is 29.3 Å². The van der Waals surface area contributed by atoms with E-state index in [-0.39, 0.29) is 5.91 Å². The van der Waals surface area contributed by atoms with Crippen LogP contribution in [0.1, 0.15) is 24.2 Å². The number of hydrogen-bond donors (Lipinski definition) is 1. The molecule has 0 aliphatic heterocycles. The molecule has 0 unspecified atom stereocenters. The third-order valence-electron chi connectivity index (χ3n) is 2.23. The van der Waals surface area contributed by atoms with Gasteiger partial charge in [-0.15, -0.1) is 0 Å². The minimum Gasteiger partial charge on any atom is -0.398 e. The Bertz CT molecular complexity index is 391. The third kappa shape index (κ3) is 3.23. The summed E-state index contributed by atoms with van der Waals surface area (Å²) in [6.07, 6.45) is 0. The maximum Gasteiger partial charge on any atom is 0.253 e. The maximum atomic E-state index is 12.0. The van der Waals surface area contributed by atoms with Crippen LogP contribution in [0, 0.1) is 5.92 Å². The molecule has 4 heteroatoms. The fourth-order valence-electron chi connectivity index (χ4n) is 1.53. The van der Waals surface area contributed by atoms with Crippen molar-refractivity contribution in [3.63, 3.8) is 0 Å². The van der Waals surface area contributed by atoms with Gasteiger partial charge in [-0.1, -0.05) is 13.8 Å². The van der Waals surface area contributed by atoms with E-state index in [1.807, 2.05) is 0 Å². The van der Waals surface area contributed by atoms with Crippen molar-refractivity contribution >= 4 is 27.5 Å². The predicted octanol–water partition coefficient (Wildman–Crippen LogP) is 2.76. The van der Waals surface area contributed by atoms with Crippen LogP contribution in [-0.4, -0.2) is 24.4 Å². The van der Waals surface area contributed by atoms with Gasteiger partial charge in [0.05, 0.1) is 0 Å². The van der Waals surface area contributed by atoms with Gasteiger partial charge in [0.1, 0.15) is 0 Å². The Morgan fingerprint density at radius 3 is 2.62 bits per heavy atom. The summed E-state index contributed by atoms with van der Waals surface area (Å²) in [5.41, 5.74) is 6.96. The van der Waals surface area contributed by atoms with Gasteiger partial charge in [0.2, 0.25) is 0 Å². The zero-order valence-corrected chi connectivity index (χ0v) is 11.4. The largest absolute Gasteiger partial charge is 0.398 e. The van der Waals surface area contributed by atoms with Gasteiger partial charge in [0.25, 0.3) is 5.91 Å². The predicted molar refractivity (Wildman–Crippen MR) is 70.4 cm³/mol. The van der Waals surface area contributed by atoms with Crippen LogP contribution in [0.5, 0.6) is 0 Å². The second kappa shape index (κ2) is 5.34. The lowest BCUT2D eigenvalue weighted by Gasteiger charge is -2.19. The van der Waals surface area contributed by atoms with E-state index in [9.17, 15) is 4.79 Å². The van der Waals surface area contributed by atoms with Gasteiger partial charge in [0.15, 0.2) is 0 Å². The molecule has 0 aromatic heterocycles. The van der Waals surface area contributed by atoms with E-state index in [0.717, 1.165) is 11.0 Å². The quantitative estimate of drug-likeness (QED) is 0.868. The Labute approximate surface area is 105 Å². The molecule has 2 N–H and O–H groups in total. The van der Waals surface area contributed by atoms with Crippen molar-refractivity contribution in [3.8, 4) is 0 Å². The SMILES string of the molecule is CC(C)CN(C)C(=O)c1ccc(Br)c(N)c1. The minimum atomic E-state index is 0.00731. The molecule has 0 spiro atoms. The molecule has 0 radical (unpaired) electrons. The number of halogens is 1. The fraction of sp³-hybridized carbons (Fsp3) is 0.417. The van der Waals surface area contributed by atoms with E-state index in [4.69, 9.17) is 5.73 Å². The first-order valence-corrected chi connectivity index (χ1v) is 6.01. The number of nitrogen functional groups attached to an aromatic ring is 1. The van der Waals surface area contributed by atoms with Crippen molar-refractivity contribution in [1.82, 2.24) is 4.90 Å². The van der Waals surface area contributed by atoms with Crippen molar-refractivity contribution in [2.75, 3.05) is 19.3 Å². The second-order valence-electron chi connectivity index (χ2n) is 4.32. The highest BCUT2D eigenvalue weighted by Crippen LogP contribution is 2.21. The molecular weight excluding hydrogens is 268 g/mol. The van der Waals surface area contributed by atoms with Crippen LogP contribution < -0.4 is 5.73 Å². The van der Waals surface area contributed by atoms with E-state index in [0.29, 0.717) is 17.2 Å². The van der Waals surface area contributed by atoms with Gasteiger partial charge in [-0.2, -0.15) is 0 Å². The molecule has 0 fully saturated rings. The molecule has 1 aromatic rings. The molecule has 1 amide bonds. The zero-order chi connectivity index (χ0) is 12.3. The number of hydrogen-bond acceptors (Lipinski definition) is 2. The Hall–Kier alpha value is -1.03. The van der Waals surface area contributed by atoms with E-state index in [1.165, 1.54) is 0 Å². The molecule has 0 aliphatic rings. The number of benzene rings is 1. The van der Waals surface area contributed by atoms with Crippen LogP contribution >= 0.6 is 15.9 Å². The molecule has 0 atom stereocenters. The molecule has 1 aromatic carbocycles. The number of rotatable bonds is 3. The monoisotopic (exact) mass is 284 g/mol. The number of anilines is 1. The lowest BCUT2D eigenvalue weighted by Crippen LogP contribution is -2.30. The average Bonchev–Trinajstić information content (AvgIpc) is 2.20. The van der Waals surface area contributed by atoms with Gasteiger partial charge in [-0.25, -0.2) is 0 Å². The van der Waals surface area contributed by atoms with Gasteiger partial charge in [-0.3, -0.25) is 4.79 Å². The molecular formula is C12H17BrN2O. The highest BCUT2D eigenvalue weighted by Gasteiger charge is 2.13. The summed E-state index contributed by atoms with van der Waals surface area (Å²) in [4.78, 5) is 13.7. The first-order chi connectivity index (χ1) is 7.41. The van der Waals surface area contributed by atoms with Crippen molar-refractivity contribution in [1.29, 1.82) is 0 Å². The third-order valence-corrected chi connectivity index (χ3v) is 2.95. The van der Waals surface area contributed by atoms with Crippen LogP contribution in [0.4, 0.5) is 5.69 Å². The summed E-state index contributed by atoms with van der Waals surface area (Å²) in [5.74, 6) is 0.467. The lowest BCUT2D eigenvalue weighted by atomic mass is 10.1. The standard InChI is InChI=1S/C12H17BrN2O/c1-8(2)7-15(3)12(16)9-4-5-10(13)11(14)6-9/h4-6,8H,7,14H2,1-3H3. The second-order valence-corrected chi connectivity index (χ2v) is 5.17. The fourth-order valence-corrected chi connectivity index (χ4v) is 1.77.